The summed E-state index contributed by atoms with van der Waals surface area (Å²) < 4.78 is 11.2. The fraction of sp³-hybridized carbons (Fsp3) is 0.350. The van der Waals surface area contributed by atoms with Crippen LogP contribution in [0.5, 0.6) is 0 Å². The number of carbonyl (C=O) groups excluding carboxylic acids is 1. The minimum Gasteiger partial charge on any atom is -0.444 e. The molecule has 2 aromatic rings. The van der Waals surface area contributed by atoms with Crippen LogP contribution in [-0.4, -0.2) is 34.5 Å². The molecule has 0 radical (unpaired) electrons. The van der Waals surface area contributed by atoms with Gasteiger partial charge in [0.05, 0.1) is 12.6 Å². The molecule has 0 bridgehead atoms. The maximum Gasteiger partial charge on any atom is 0.412 e. The van der Waals surface area contributed by atoms with E-state index in [0.29, 0.717) is 0 Å². The van der Waals surface area contributed by atoms with E-state index in [9.17, 15) is 9.90 Å². The van der Waals surface area contributed by atoms with Gasteiger partial charge in [-0.25, -0.2) is 4.79 Å². The van der Waals surface area contributed by atoms with E-state index < -0.39 is 24.0 Å². The molecule has 1 saturated heterocycles. The molecular formula is C20H23NO4. The van der Waals surface area contributed by atoms with Gasteiger partial charge in [-0.1, -0.05) is 60.7 Å². The second-order valence-corrected chi connectivity index (χ2v) is 6.59. The Kier molecular flexibility index (Phi) is 5.06. The molecule has 1 amide bonds. The number of aliphatic hydroxyl groups is 1. The quantitative estimate of drug-likeness (QED) is 0.925. The third-order valence-corrected chi connectivity index (χ3v) is 4.43. The standard InChI is InChI=1S/C20H23NO4/c1-20(2)21(19(23)24-13-15-9-5-3-6-10-15)17(14-25-20)18(22)16-11-7-4-8-12-16/h3-12,17-18,22H,13-14H2,1-2H3/t17-,18?/m1/s1. The van der Waals surface area contributed by atoms with Crippen molar-refractivity contribution in [3.8, 4) is 0 Å². The SMILES string of the molecule is CC1(C)OC[C@H](C(O)c2ccccc2)N1C(=O)OCc1ccccc1. The van der Waals surface area contributed by atoms with Gasteiger partial charge in [0.2, 0.25) is 0 Å². The zero-order chi connectivity index (χ0) is 17.9. The van der Waals surface area contributed by atoms with Crippen LogP contribution in [-0.2, 0) is 16.1 Å². The zero-order valence-electron chi connectivity index (χ0n) is 14.5. The Morgan fingerprint density at radius 1 is 1.20 bits per heavy atom. The molecule has 1 N–H and O–H groups in total. The van der Waals surface area contributed by atoms with Crippen LogP contribution in [0.25, 0.3) is 0 Å². The molecule has 5 nitrogen and oxygen atoms in total. The number of hydrogen-bond donors (Lipinski definition) is 1. The number of aliphatic hydroxyl groups excluding tert-OH is 1. The number of benzene rings is 2. The van der Waals surface area contributed by atoms with Crippen molar-refractivity contribution >= 4 is 6.09 Å². The Labute approximate surface area is 147 Å². The summed E-state index contributed by atoms with van der Waals surface area (Å²) in [6.45, 7) is 4.03. The van der Waals surface area contributed by atoms with E-state index in [1.807, 2.05) is 60.7 Å². The molecule has 1 fully saturated rings. The highest BCUT2D eigenvalue weighted by atomic mass is 16.6. The first-order valence-corrected chi connectivity index (χ1v) is 8.36. The topological polar surface area (TPSA) is 59.0 Å². The van der Waals surface area contributed by atoms with Crippen molar-refractivity contribution in [2.75, 3.05) is 6.61 Å². The van der Waals surface area contributed by atoms with Crippen molar-refractivity contribution in [3.05, 3.63) is 71.8 Å². The molecule has 2 aromatic carbocycles. The average Bonchev–Trinajstić information content (AvgIpc) is 2.96. The van der Waals surface area contributed by atoms with Crippen LogP contribution in [0, 0.1) is 0 Å². The molecule has 3 rings (SSSR count). The first-order valence-electron chi connectivity index (χ1n) is 8.36. The van der Waals surface area contributed by atoms with Gasteiger partial charge < -0.3 is 14.6 Å². The molecule has 25 heavy (non-hydrogen) atoms. The van der Waals surface area contributed by atoms with Gasteiger partial charge in [0.25, 0.3) is 0 Å². The number of hydrogen-bond acceptors (Lipinski definition) is 4. The summed E-state index contributed by atoms with van der Waals surface area (Å²) in [5.41, 5.74) is 0.817. The largest absolute Gasteiger partial charge is 0.444 e. The summed E-state index contributed by atoms with van der Waals surface area (Å²) in [5.74, 6) is 0. The highest BCUT2D eigenvalue weighted by Gasteiger charge is 2.47. The Morgan fingerprint density at radius 3 is 2.44 bits per heavy atom. The number of rotatable bonds is 4. The highest BCUT2D eigenvalue weighted by Crippen LogP contribution is 2.34. The van der Waals surface area contributed by atoms with Crippen LogP contribution in [0.4, 0.5) is 4.79 Å². The second kappa shape index (κ2) is 7.25. The van der Waals surface area contributed by atoms with Gasteiger partial charge >= 0.3 is 6.09 Å². The number of amides is 1. The lowest BCUT2D eigenvalue weighted by Crippen LogP contribution is -2.50. The molecule has 5 heteroatoms. The van der Waals surface area contributed by atoms with Crippen LogP contribution in [0.1, 0.15) is 31.1 Å². The summed E-state index contributed by atoms with van der Waals surface area (Å²) in [7, 11) is 0. The van der Waals surface area contributed by atoms with Crippen molar-refractivity contribution in [2.24, 2.45) is 0 Å². The summed E-state index contributed by atoms with van der Waals surface area (Å²) in [6, 6.07) is 18.3. The Balaban J connectivity index is 1.74. The zero-order valence-corrected chi connectivity index (χ0v) is 14.5. The third kappa shape index (κ3) is 3.83. The lowest BCUT2D eigenvalue weighted by Gasteiger charge is -2.34. The second-order valence-electron chi connectivity index (χ2n) is 6.59. The summed E-state index contributed by atoms with van der Waals surface area (Å²) in [6.07, 6.45) is -1.33. The highest BCUT2D eigenvalue weighted by molar-refractivity contribution is 5.69. The van der Waals surface area contributed by atoms with Crippen molar-refractivity contribution in [2.45, 2.75) is 38.3 Å². The number of nitrogens with zero attached hydrogens (tertiary/aromatic N) is 1. The van der Waals surface area contributed by atoms with E-state index in [-0.39, 0.29) is 13.2 Å². The Morgan fingerprint density at radius 2 is 1.80 bits per heavy atom. The number of carbonyl (C=O) groups is 1. The molecule has 0 saturated carbocycles. The maximum atomic E-state index is 12.7. The fourth-order valence-corrected chi connectivity index (χ4v) is 3.08. The molecule has 1 aliphatic heterocycles. The molecular weight excluding hydrogens is 318 g/mol. The van der Waals surface area contributed by atoms with Crippen LogP contribution in [0.2, 0.25) is 0 Å². The van der Waals surface area contributed by atoms with Crippen LogP contribution in [0.3, 0.4) is 0 Å². The molecule has 132 valence electrons. The molecule has 1 aliphatic rings. The van der Waals surface area contributed by atoms with Crippen LogP contribution >= 0.6 is 0 Å². The van der Waals surface area contributed by atoms with Crippen molar-refractivity contribution < 1.29 is 19.4 Å². The van der Waals surface area contributed by atoms with Gasteiger partial charge in [0.1, 0.15) is 18.4 Å². The minimum absolute atomic E-state index is 0.181. The Hall–Kier alpha value is -2.37. The lowest BCUT2D eigenvalue weighted by atomic mass is 10.0. The van der Waals surface area contributed by atoms with Gasteiger partial charge in [-0.15, -0.1) is 0 Å². The van der Waals surface area contributed by atoms with E-state index in [1.54, 1.807) is 13.8 Å². The van der Waals surface area contributed by atoms with Gasteiger partial charge in [0, 0.05) is 0 Å². The van der Waals surface area contributed by atoms with Gasteiger partial charge in [-0.2, -0.15) is 0 Å². The molecule has 1 heterocycles. The molecule has 1 unspecified atom stereocenters. The summed E-state index contributed by atoms with van der Waals surface area (Å²) >= 11 is 0. The molecule has 0 aliphatic carbocycles. The van der Waals surface area contributed by atoms with E-state index in [2.05, 4.69) is 0 Å². The Bertz CT molecular complexity index is 702. The third-order valence-electron chi connectivity index (χ3n) is 4.43. The van der Waals surface area contributed by atoms with Crippen LogP contribution < -0.4 is 0 Å². The van der Waals surface area contributed by atoms with Crippen molar-refractivity contribution in [1.29, 1.82) is 0 Å². The average molecular weight is 341 g/mol. The van der Waals surface area contributed by atoms with E-state index in [0.717, 1.165) is 11.1 Å². The molecule has 0 aromatic heterocycles. The van der Waals surface area contributed by atoms with E-state index in [4.69, 9.17) is 9.47 Å². The van der Waals surface area contributed by atoms with Crippen molar-refractivity contribution in [1.82, 2.24) is 4.90 Å². The monoisotopic (exact) mass is 341 g/mol. The van der Waals surface area contributed by atoms with E-state index >= 15 is 0 Å². The number of ether oxygens (including phenoxy) is 2. The first-order chi connectivity index (χ1) is 12.0. The minimum atomic E-state index is -0.841. The van der Waals surface area contributed by atoms with Crippen LogP contribution in [0.15, 0.2) is 60.7 Å². The van der Waals surface area contributed by atoms with Gasteiger partial charge in [-0.3, -0.25) is 4.90 Å². The lowest BCUT2D eigenvalue weighted by molar-refractivity contribution is -0.0543. The van der Waals surface area contributed by atoms with Gasteiger partial charge in [0.15, 0.2) is 0 Å². The first kappa shape index (κ1) is 17.5. The summed E-state index contributed by atoms with van der Waals surface area (Å²) in [5, 5.41) is 10.7. The van der Waals surface area contributed by atoms with Crippen molar-refractivity contribution in [3.63, 3.8) is 0 Å². The molecule has 2 atom stereocenters. The molecule has 0 spiro atoms. The normalized spacial score (nSPS) is 20.3. The maximum absolute atomic E-state index is 12.7. The van der Waals surface area contributed by atoms with E-state index in [1.165, 1.54) is 4.90 Å². The predicted molar refractivity (Wildman–Crippen MR) is 93.7 cm³/mol. The summed E-state index contributed by atoms with van der Waals surface area (Å²) in [4.78, 5) is 14.2. The predicted octanol–water partition coefficient (Wildman–Crippen LogP) is 3.49. The smallest absolute Gasteiger partial charge is 0.412 e. The fourth-order valence-electron chi connectivity index (χ4n) is 3.08. The van der Waals surface area contributed by atoms with Gasteiger partial charge in [-0.05, 0) is 25.0 Å².